The van der Waals surface area contributed by atoms with Crippen LogP contribution in [0.2, 0.25) is 0 Å². The molecule has 37 heavy (non-hydrogen) atoms. The number of ether oxygens (including phenoxy) is 1. The molecule has 4 aliphatic rings. The van der Waals surface area contributed by atoms with E-state index in [9.17, 15) is 14.4 Å². The molecule has 2 aliphatic carbocycles. The molecule has 2 saturated heterocycles. The Morgan fingerprint density at radius 1 is 1.05 bits per heavy atom. The van der Waals surface area contributed by atoms with Gasteiger partial charge in [0.05, 0.1) is 9.28 Å². The molecular formula is C28H37Br2N3O4. The first-order chi connectivity index (χ1) is 17.4. The van der Waals surface area contributed by atoms with Gasteiger partial charge in [-0.25, -0.2) is 4.79 Å². The number of aryl methyl sites for hydroxylation is 1. The van der Waals surface area contributed by atoms with Crippen molar-refractivity contribution in [1.82, 2.24) is 15.5 Å². The van der Waals surface area contributed by atoms with Gasteiger partial charge in [-0.15, -0.1) is 0 Å². The summed E-state index contributed by atoms with van der Waals surface area (Å²) in [5.41, 5.74) is 1.67. The van der Waals surface area contributed by atoms with Crippen LogP contribution in [0.4, 0.5) is 4.79 Å². The number of hydrogen-bond acceptors (Lipinski definition) is 4. The number of carbonyl (C=O) groups is 3. The molecule has 1 unspecified atom stereocenters. The smallest absolute Gasteiger partial charge is 0.408 e. The maximum Gasteiger partial charge on any atom is 0.408 e. The Labute approximate surface area is 236 Å². The van der Waals surface area contributed by atoms with E-state index in [1.165, 1.54) is 11.1 Å². The average molecular weight is 639 g/mol. The van der Waals surface area contributed by atoms with E-state index in [-0.39, 0.29) is 32.5 Å². The summed E-state index contributed by atoms with van der Waals surface area (Å²) in [7, 11) is 0. The number of alkyl halides is 2. The summed E-state index contributed by atoms with van der Waals surface area (Å²) in [5.74, 6) is -0.273. The van der Waals surface area contributed by atoms with Gasteiger partial charge in [0, 0.05) is 11.5 Å². The number of amides is 3. The van der Waals surface area contributed by atoms with Crippen LogP contribution in [0.15, 0.2) is 24.3 Å². The quantitative estimate of drug-likeness (QED) is 0.429. The molecule has 0 aromatic heterocycles. The second-order valence-electron chi connectivity index (χ2n) is 12.2. The molecule has 1 saturated carbocycles. The van der Waals surface area contributed by atoms with Crippen LogP contribution >= 0.6 is 31.9 Å². The van der Waals surface area contributed by atoms with Crippen molar-refractivity contribution in [2.45, 2.75) is 112 Å². The zero-order valence-corrected chi connectivity index (χ0v) is 25.0. The minimum Gasteiger partial charge on any atom is -0.444 e. The fraction of sp³-hybridized carbons (Fsp3) is 0.679. The van der Waals surface area contributed by atoms with Gasteiger partial charge in [0.15, 0.2) is 0 Å². The van der Waals surface area contributed by atoms with Gasteiger partial charge in [0.2, 0.25) is 11.8 Å². The second kappa shape index (κ2) is 9.85. The van der Waals surface area contributed by atoms with Crippen LogP contribution in [0, 0.1) is 5.41 Å². The van der Waals surface area contributed by atoms with Crippen LogP contribution in [0.5, 0.6) is 0 Å². The highest BCUT2D eigenvalue weighted by atomic mass is 79.9. The SMILES string of the molecule is CC(C)(C)OC(=O)N[C@H]1CC2(CC[C@H]3CC[C@@H](C(=O)N[C@@H]4CCCc5ccccc54)N3C1=O)CC2(Br)Br. The minimum absolute atomic E-state index is 0.0154. The van der Waals surface area contributed by atoms with Crippen molar-refractivity contribution >= 4 is 49.8 Å². The van der Waals surface area contributed by atoms with Gasteiger partial charge in [-0.2, -0.15) is 0 Å². The van der Waals surface area contributed by atoms with Gasteiger partial charge in [-0.3, -0.25) is 9.59 Å². The van der Waals surface area contributed by atoms with Crippen LogP contribution in [-0.4, -0.2) is 49.8 Å². The van der Waals surface area contributed by atoms with Crippen LogP contribution in [0.25, 0.3) is 0 Å². The fourth-order valence-corrected chi connectivity index (χ4v) is 8.36. The molecule has 0 bridgehead atoms. The van der Waals surface area contributed by atoms with Crippen LogP contribution < -0.4 is 10.6 Å². The van der Waals surface area contributed by atoms with E-state index in [1.54, 1.807) is 25.7 Å². The van der Waals surface area contributed by atoms with E-state index in [2.05, 4.69) is 54.6 Å². The van der Waals surface area contributed by atoms with Crippen molar-refractivity contribution in [1.29, 1.82) is 0 Å². The Bertz CT molecular complexity index is 1090. The first kappa shape index (κ1) is 27.0. The molecule has 1 spiro atoms. The number of fused-ring (bicyclic) bond motifs is 2. The van der Waals surface area contributed by atoms with Gasteiger partial charge in [0.25, 0.3) is 0 Å². The lowest BCUT2D eigenvalue weighted by atomic mass is 9.86. The van der Waals surface area contributed by atoms with Crippen molar-refractivity contribution in [3.8, 4) is 0 Å². The number of benzene rings is 1. The second-order valence-corrected chi connectivity index (χ2v) is 16.0. The standard InChI is InChI=1S/C28H37Br2N3O4/c1-26(2,3)37-25(36)32-21-15-27(16-28(27,29)30)14-13-18-11-12-22(33(18)24(21)35)23(34)31-20-10-6-8-17-7-4-5-9-19(17)20/h4-5,7,9,18,20-22H,6,8,10-16H2,1-3H3,(H,31,34)(H,32,36)/t18-,20-,21+,22+,27?/m1/s1. The molecule has 1 aromatic carbocycles. The summed E-state index contributed by atoms with van der Waals surface area (Å²) in [4.78, 5) is 42.2. The van der Waals surface area contributed by atoms with E-state index in [1.807, 2.05) is 12.1 Å². The largest absolute Gasteiger partial charge is 0.444 e. The highest BCUT2D eigenvalue weighted by Crippen LogP contribution is 2.71. The Morgan fingerprint density at radius 2 is 1.78 bits per heavy atom. The van der Waals surface area contributed by atoms with Gasteiger partial charge in [0.1, 0.15) is 17.7 Å². The maximum absolute atomic E-state index is 14.1. The highest BCUT2D eigenvalue weighted by Gasteiger charge is 2.66. The minimum atomic E-state index is -0.751. The fourth-order valence-electron chi connectivity index (χ4n) is 6.57. The van der Waals surface area contributed by atoms with E-state index in [0.29, 0.717) is 12.8 Å². The summed E-state index contributed by atoms with van der Waals surface area (Å²) in [6.07, 6.45) is 6.92. The van der Waals surface area contributed by atoms with E-state index >= 15 is 0 Å². The number of rotatable bonds is 3. The predicted octanol–water partition coefficient (Wildman–Crippen LogP) is 5.49. The number of halogens is 2. The predicted molar refractivity (Wildman–Crippen MR) is 149 cm³/mol. The van der Waals surface area contributed by atoms with Crippen LogP contribution in [0.3, 0.4) is 0 Å². The molecule has 3 fully saturated rings. The molecule has 5 rings (SSSR count). The summed E-state index contributed by atoms with van der Waals surface area (Å²) in [6.45, 7) is 5.41. The topological polar surface area (TPSA) is 87.7 Å². The van der Waals surface area contributed by atoms with Crippen LogP contribution in [0.1, 0.15) is 89.3 Å². The molecule has 5 atom stereocenters. The molecule has 9 heteroatoms. The number of nitrogens with zero attached hydrogens (tertiary/aromatic N) is 1. The number of alkyl carbamates (subject to hydrolysis) is 1. The lowest BCUT2D eigenvalue weighted by Gasteiger charge is -2.38. The average Bonchev–Trinajstić information content (AvgIpc) is 3.13. The first-order valence-electron chi connectivity index (χ1n) is 13.5. The van der Waals surface area contributed by atoms with Crippen molar-refractivity contribution in [2.24, 2.45) is 5.41 Å². The summed E-state index contributed by atoms with van der Waals surface area (Å²) >= 11 is 7.58. The highest BCUT2D eigenvalue weighted by molar-refractivity contribution is 9.25. The van der Waals surface area contributed by atoms with Crippen molar-refractivity contribution in [2.75, 3.05) is 0 Å². The normalized spacial score (nSPS) is 32.6. The van der Waals surface area contributed by atoms with Gasteiger partial charge in [-0.1, -0.05) is 56.1 Å². The van der Waals surface area contributed by atoms with E-state index in [4.69, 9.17) is 4.74 Å². The Hall–Kier alpha value is -1.61. The number of carbonyl (C=O) groups excluding carboxylic acids is 3. The Kier molecular flexibility index (Phi) is 7.18. The zero-order valence-electron chi connectivity index (χ0n) is 21.8. The monoisotopic (exact) mass is 637 g/mol. The van der Waals surface area contributed by atoms with Crippen molar-refractivity contribution in [3.63, 3.8) is 0 Å². The summed E-state index contributed by atoms with van der Waals surface area (Å²) < 4.78 is 5.27. The molecule has 0 radical (unpaired) electrons. The third-order valence-electron chi connectivity index (χ3n) is 8.50. The third kappa shape index (κ3) is 5.45. The molecule has 2 aliphatic heterocycles. The van der Waals surface area contributed by atoms with Crippen LogP contribution in [-0.2, 0) is 20.7 Å². The van der Waals surface area contributed by atoms with Gasteiger partial charge >= 0.3 is 6.09 Å². The molecular weight excluding hydrogens is 602 g/mol. The lowest BCUT2D eigenvalue weighted by molar-refractivity contribution is -0.143. The molecule has 1 aromatic rings. The van der Waals surface area contributed by atoms with Crippen molar-refractivity contribution in [3.05, 3.63) is 35.4 Å². The van der Waals surface area contributed by atoms with Gasteiger partial charge in [-0.05, 0) is 89.7 Å². The zero-order chi connectivity index (χ0) is 26.6. The van der Waals surface area contributed by atoms with E-state index < -0.39 is 23.8 Å². The molecule has 202 valence electrons. The third-order valence-corrected chi connectivity index (χ3v) is 10.7. The Balaban J connectivity index is 1.36. The Morgan fingerprint density at radius 3 is 2.49 bits per heavy atom. The van der Waals surface area contributed by atoms with E-state index in [0.717, 1.165) is 44.9 Å². The molecule has 2 N–H and O–H groups in total. The van der Waals surface area contributed by atoms with Crippen molar-refractivity contribution < 1.29 is 19.1 Å². The first-order valence-corrected chi connectivity index (χ1v) is 15.1. The molecule has 3 amide bonds. The summed E-state index contributed by atoms with van der Waals surface area (Å²) in [5, 5.41) is 6.14. The molecule has 7 nitrogen and oxygen atoms in total. The number of hydrogen-bond donors (Lipinski definition) is 2. The maximum atomic E-state index is 14.1. The summed E-state index contributed by atoms with van der Waals surface area (Å²) in [6, 6.07) is 6.97. The number of nitrogens with one attached hydrogen (secondary N) is 2. The molecule has 2 heterocycles. The lowest BCUT2D eigenvalue weighted by Crippen LogP contribution is -2.58. The van der Waals surface area contributed by atoms with Gasteiger partial charge < -0.3 is 20.3 Å².